The highest BCUT2D eigenvalue weighted by Gasteiger charge is 2.18. The number of nitrogens with zero attached hydrogens (tertiary/aromatic N) is 2. The van der Waals surface area contributed by atoms with Gasteiger partial charge in [-0.3, -0.25) is 0 Å². The second-order valence-corrected chi connectivity index (χ2v) is 5.96. The molecule has 2 heterocycles. The van der Waals surface area contributed by atoms with Crippen LogP contribution in [0.1, 0.15) is 18.1 Å². The van der Waals surface area contributed by atoms with Gasteiger partial charge in [0, 0.05) is 11.3 Å². The van der Waals surface area contributed by atoms with Crippen molar-refractivity contribution < 1.29 is 8.91 Å². The summed E-state index contributed by atoms with van der Waals surface area (Å²) in [5.74, 6) is 2.33. The average molecular weight is 293 g/mol. The van der Waals surface area contributed by atoms with E-state index in [2.05, 4.69) is 15.5 Å². The number of hydrogen-bond acceptors (Lipinski definition) is 5. The van der Waals surface area contributed by atoms with Crippen molar-refractivity contribution in [2.75, 3.05) is 13.1 Å². The van der Waals surface area contributed by atoms with Crippen LogP contribution in [0.15, 0.2) is 33.7 Å². The fourth-order valence-electron chi connectivity index (χ4n) is 2.27. The smallest absolute Gasteiger partial charge is 0.226 e. The van der Waals surface area contributed by atoms with Crippen molar-refractivity contribution in [3.05, 3.63) is 41.8 Å². The van der Waals surface area contributed by atoms with E-state index in [0.717, 1.165) is 30.8 Å². The topological polar surface area (TPSA) is 51.0 Å². The van der Waals surface area contributed by atoms with E-state index in [1.54, 1.807) is 6.07 Å². The summed E-state index contributed by atoms with van der Waals surface area (Å²) in [5, 5.41) is 7.30. The fraction of sp³-hybridized carbons (Fsp3) is 0.429. The summed E-state index contributed by atoms with van der Waals surface area (Å²) >= 11 is 1.51. The molecule has 4 nitrogen and oxygen atoms in total. The number of thioether (sulfide) groups is 1. The minimum Gasteiger partial charge on any atom is -0.339 e. The lowest BCUT2D eigenvalue weighted by atomic mass is 10.1. The highest BCUT2D eigenvalue weighted by Crippen LogP contribution is 2.22. The first-order chi connectivity index (χ1) is 9.79. The van der Waals surface area contributed by atoms with Crippen LogP contribution in [0.5, 0.6) is 0 Å². The Morgan fingerprint density at radius 1 is 1.45 bits per heavy atom. The molecule has 1 fully saturated rings. The van der Waals surface area contributed by atoms with Crippen LogP contribution in [-0.4, -0.2) is 23.2 Å². The molecule has 1 aliphatic heterocycles. The summed E-state index contributed by atoms with van der Waals surface area (Å²) in [4.78, 5) is 5.26. The standard InChI is InChI=1S/C14H16FN3OS/c15-11-2-1-3-12(7-11)20-9-13-17-14(19-18-13)6-10-4-5-16-8-10/h1-3,7,10,16H,4-6,8-9H2. The Morgan fingerprint density at radius 3 is 3.20 bits per heavy atom. The second-order valence-electron chi connectivity index (χ2n) is 4.91. The molecule has 1 atom stereocenters. The van der Waals surface area contributed by atoms with E-state index in [1.165, 1.54) is 23.9 Å². The van der Waals surface area contributed by atoms with Crippen molar-refractivity contribution in [2.45, 2.75) is 23.5 Å². The molecule has 20 heavy (non-hydrogen) atoms. The molecule has 1 saturated heterocycles. The predicted molar refractivity (Wildman–Crippen MR) is 74.9 cm³/mol. The highest BCUT2D eigenvalue weighted by molar-refractivity contribution is 7.98. The SMILES string of the molecule is Fc1cccc(SCc2noc(CC3CCNC3)n2)c1. The summed E-state index contributed by atoms with van der Waals surface area (Å²) in [6, 6.07) is 6.52. The number of benzene rings is 1. The van der Waals surface area contributed by atoms with E-state index in [9.17, 15) is 4.39 Å². The van der Waals surface area contributed by atoms with Crippen molar-refractivity contribution in [3.8, 4) is 0 Å². The van der Waals surface area contributed by atoms with E-state index in [4.69, 9.17) is 4.52 Å². The molecule has 106 valence electrons. The molecule has 1 aromatic heterocycles. The predicted octanol–water partition coefficient (Wildman–Crippen LogP) is 2.65. The minimum absolute atomic E-state index is 0.225. The Balaban J connectivity index is 1.54. The van der Waals surface area contributed by atoms with Gasteiger partial charge in [0.25, 0.3) is 0 Å². The molecule has 0 saturated carbocycles. The highest BCUT2D eigenvalue weighted by atomic mass is 32.2. The molecule has 0 spiro atoms. The summed E-state index contributed by atoms with van der Waals surface area (Å²) in [6.07, 6.45) is 2.00. The molecular weight excluding hydrogens is 277 g/mol. The monoisotopic (exact) mass is 293 g/mol. The van der Waals surface area contributed by atoms with Gasteiger partial charge < -0.3 is 9.84 Å². The number of aromatic nitrogens is 2. The van der Waals surface area contributed by atoms with Gasteiger partial charge >= 0.3 is 0 Å². The molecule has 0 amide bonds. The average Bonchev–Trinajstić information content (AvgIpc) is 3.09. The van der Waals surface area contributed by atoms with E-state index >= 15 is 0 Å². The first-order valence-corrected chi connectivity index (χ1v) is 7.69. The van der Waals surface area contributed by atoms with Crippen LogP contribution in [0, 0.1) is 11.7 Å². The van der Waals surface area contributed by atoms with Crippen LogP contribution in [0.3, 0.4) is 0 Å². The molecular formula is C14H16FN3OS. The molecule has 2 aromatic rings. The molecule has 0 aliphatic carbocycles. The third-order valence-corrected chi connectivity index (χ3v) is 4.29. The van der Waals surface area contributed by atoms with Crippen LogP contribution in [0.4, 0.5) is 4.39 Å². The lowest BCUT2D eigenvalue weighted by Gasteiger charge is -2.01. The van der Waals surface area contributed by atoms with Crippen molar-refractivity contribution in [1.29, 1.82) is 0 Å². The molecule has 6 heteroatoms. The summed E-state index contributed by atoms with van der Waals surface area (Å²) < 4.78 is 18.3. The van der Waals surface area contributed by atoms with Gasteiger partial charge in [-0.2, -0.15) is 4.98 Å². The van der Waals surface area contributed by atoms with Crippen LogP contribution in [-0.2, 0) is 12.2 Å². The Hall–Kier alpha value is -1.40. The lowest BCUT2D eigenvalue weighted by Crippen LogP contribution is -2.10. The molecule has 0 radical (unpaired) electrons. The molecule has 1 aliphatic rings. The van der Waals surface area contributed by atoms with E-state index in [-0.39, 0.29) is 5.82 Å². The summed E-state index contributed by atoms with van der Waals surface area (Å²) in [5.41, 5.74) is 0. The van der Waals surface area contributed by atoms with Crippen molar-refractivity contribution in [2.24, 2.45) is 5.92 Å². The molecule has 1 N–H and O–H groups in total. The Kier molecular flexibility index (Phi) is 4.32. The molecule has 3 rings (SSSR count). The maximum Gasteiger partial charge on any atom is 0.226 e. The van der Waals surface area contributed by atoms with Gasteiger partial charge in [0.15, 0.2) is 5.82 Å². The second kappa shape index (κ2) is 6.37. The van der Waals surface area contributed by atoms with E-state index < -0.39 is 0 Å². The maximum atomic E-state index is 13.1. The zero-order valence-corrected chi connectivity index (χ0v) is 11.8. The Bertz CT molecular complexity index is 569. The third kappa shape index (κ3) is 3.58. The maximum absolute atomic E-state index is 13.1. The quantitative estimate of drug-likeness (QED) is 0.859. The Morgan fingerprint density at radius 2 is 2.40 bits per heavy atom. The van der Waals surface area contributed by atoms with Gasteiger partial charge in [0.2, 0.25) is 5.89 Å². The van der Waals surface area contributed by atoms with E-state index in [0.29, 0.717) is 23.4 Å². The number of hydrogen-bond donors (Lipinski definition) is 1. The van der Waals surface area contributed by atoms with Gasteiger partial charge in [-0.05, 0) is 43.6 Å². The van der Waals surface area contributed by atoms with Crippen LogP contribution >= 0.6 is 11.8 Å². The normalized spacial score (nSPS) is 18.6. The van der Waals surface area contributed by atoms with Crippen molar-refractivity contribution in [3.63, 3.8) is 0 Å². The van der Waals surface area contributed by atoms with Gasteiger partial charge in [0.1, 0.15) is 5.82 Å². The fourth-order valence-corrected chi connectivity index (χ4v) is 3.06. The number of nitrogens with one attached hydrogen (secondary N) is 1. The summed E-state index contributed by atoms with van der Waals surface area (Å²) in [6.45, 7) is 2.09. The van der Waals surface area contributed by atoms with E-state index in [1.807, 2.05) is 6.07 Å². The lowest BCUT2D eigenvalue weighted by molar-refractivity contribution is 0.354. The van der Waals surface area contributed by atoms with Crippen LogP contribution in [0.2, 0.25) is 0 Å². The summed E-state index contributed by atoms with van der Waals surface area (Å²) in [7, 11) is 0. The van der Waals surface area contributed by atoms with Crippen LogP contribution < -0.4 is 5.32 Å². The van der Waals surface area contributed by atoms with Gasteiger partial charge in [0.05, 0.1) is 5.75 Å². The minimum atomic E-state index is -0.225. The molecule has 1 aromatic carbocycles. The number of halogens is 1. The first kappa shape index (κ1) is 13.6. The largest absolute Gasteiger partial charge is 0.339 e. The molecule has 1 unspecified atom stereocenters. The zero-order valence-electron chi connectivity index (χ0n) is 11.0. The zero-order chi connectivity index (χ0) is 13.8. The first-order valence-electron chi connectivity index (χ1n) is 6.70. The third-order valence-electron chi connectivity index (χ3n) is 3.30. The van der Waals surface area contributed by atoms with Crippen molar-refractivity contribution in [1.82, 2.24) is 15.5 Å². The molecule has 0 bridgehead atoms. The Labute approximate surface area is 121 Å². The van der Waals surface area contributed by atoms with Gasteiger partial charge in [-0.15, -0.1) is 11.8 Å². The van der Waals surface area contributed by atoms with Gasteiger partial charge in [-0.1, -0.05) is 11.2 Å². The number of rotatable bonds is 5. The van der Waals surface area contributed by atoms with Gasteiger partial charge in [-0.25, -0.2) is 4.39 Å². The van der Waals surface area contributed by atoms with Crippen molar-refractivity contribution >= 4 is 11.8 Å². The van der Waals surface area contributed by atoms with Crippen LogP contribution in [0.25, 0.3) is 0 Å².